The molecule has 1 aromatic rings. The first-order valence-corrected chi connectivity index (χ1v) is 8.29. The highest BCUT2D eigenvalue weighted by atomic mass is 16.2. The zero-order valence-electron chi connectivity index (χ0n) is 13.5. The fourth-order valence-corrected chi connectivity index (χ4v) is 4.01. The smallest absolute Gasteiger partial charge is 0.328 e. The Balaban J connectivity index is 1.69. The number of nitrogens with zero attached hydrogens (tertiary/aromatic N) is 1. The van der Waals surface area contributed by atoms with Crippen molar-refractivity contribution in [1.82, 2.24) is 20.2 Å². The molecule has 1 unspecified atom stereocenters. The van der Waals surface area contributed by atoms with Crippen molar-refractivity contribution in [3.63, 3.8) is 0 Å². The SMILES string of the molecule is Cn1cc(CNC(=O)C2CNCC23CCCCC3)c(=O)[nH]c1=O. The van der Waals surface area contributed by atoms with E-state index in [1.165, 1.54) is 30.0 Å². The largest absolute Gasteiger partial charge is 0.351 e. The first-order chi connectivity index (χ1) is 11.0. The Hall–Kier alpha value is -1.89. The van der Waals surface area contributed by atoms with Gasteiger partial charge in [-0.2, -0.15) is 0 Å². The van der Waals surface area contributed by atoms with Crippen LogP contribution in [0.5, 0.6) is 0 Å². The number of aryl methyl sites for hydroxylation is 1. The first-order valence-electron chi connectivity index (χ1n) is 8.29. The number of aromatic amines is 1. The molecule has 1 atom stereocenters. The normalized spacial score (nSPS) is 23.1. The molecule has 1 aliphatic heterocycles. The summed E-state index contributed by atoms with van der Waals surface area (Å²) in [6.45, 7) is 1.76. The van der Waals surface area contributed by atoms with Crippen LogP contribution in [0.15, 0.2) is 15.8 Å². The van der Waals surface area contributed by atoms with Gasteiger partial charge in [-0.3, -0.25) is 14.6 Å². The zero-order valence-corrected chi connectivity index (χ0v) is 13.5. The van der Waals surface area contributed by atoms with E-state index in [1.807, 2.05) is 0 Å². The molecule has 0 aromatic carbocycles. The lowest BCUT2D eigenvalue weighted by molar-refractivity contribution is -0.128. The molecule has 1 amide bonds. The van der Waals surface area contributed by atoms with E-state index in [0.717, 1.165) is 19.4 Å². The number of amides is 1. The van der Waals surface area contributed by atoms with E-state index < -0.39 is 11.2 Å². The van der Waals surface area contributed by atoms with Gasteiger partial charge in [0.2, 0.25) is 5.91 Å². The zero-order chi connectivity index (χ0) is 16.4. The summed E-state index contributed by atoms with van der Waals surface area (Å²) in [5, 5.41) is 6.25. The van der Waals surface area contributed by atoms with Crippen LogP contribution in [0, 0.1) is 11.3 Å². The monoisotopic (exact) mass is 320 g/mol. The summed E-state index contributed by atoms with van der Waals surface area (Å²) in [5.41, 5.74) is -0.418. The lowest BCUT2D eigenvalue weighted by atomic mass is 9.67. The van der Waals surface area contributed by atoms with Crippen LogP contribution < -0.4 is 21.9 Å². The molecule has 1 aliphatic carbocycles. The predicted molar refractivity (Wildman–Crippen MR) is 86.0 cm³/mol. The van der Waals surface area contributed by atoms with Gasteiger partial charge in [-0.1, -0.05) is 19.3 Å². The quantitative estimate of drug-likeness (QED) is 0.722. The third-order valence-corrected chi connectivity index (χ3v) is 5.37. The summed E-state index contributed by atoms with van der Waals surface area (Å²) in [6, 6.07) is 0. The number of carbonyl (C=O) groups is 1. The van der Waals surface area contributed by atoms with Gasteiger partial charge in [0, 0.05) is 32.9 Å². The van der Waals surface area contributed by atoms with Gasteiger partial charge in [0.15, 0.2) is 0 Å². The number of H-pyrrole nitrogens is 1. The fraction of sp³-hybridized carbons (Fsp3) is 0.688. The second-order valence-electron chi connectivity index (χ2n) is 6.85. The fourth-order valence-electron chi connectivity index (χ4n) is 4.01. The van der Waals surface area contributed by atoms with Gasteiger partial charge in [0.05, 0.1) is 11.5 Å². The van der Waals surface area contributed by atoms with Crippen molar-refractivity contribution in [2.24, 2.45) is 18.4 Å². The minimum atomic E-state index is -0.453. The van der Waals surface area contributed by atoms with Crippen molar-refractivity contribution in [3.8, 4) is 0 Å². The van der Waals surface area contributed by atoms with Crippen LogP contribution >= 0.6 is 0 Å². The molecule has 1 saturated carbocycles. The maximum atomic E-state index is 12.6. The predicted octanol–water partition coefficient (Wildman–Crippen LogP) is -0.140. The van der Waals surface area contributed by atoms with Gasteiger partial charge in [0.1, 0.15) is 0 Å². The summed E-state index contributed by atoms with van der Waals surface area (Å²) < 4.78 is 1.31. The van der Waals surface area contributed by atoms with E-state index in [4.69, 9.17) is 0 Å². The molecule has 7 nitrogen and oxygen atoms in total. The van der Waals surface area contributed by atoms with Gasteiger partial charge in [-0.25, -0.2) is 4.79 Å². The highest BCUT2D eigenvalue weighted by Crippen LogP contribution is 2.44. The Kier molecular flexibility index (Phi) is 4.39. The standard InChI is InChI=1S/C16H24N4O3/c1-20-9-11(13(21)19-15(20)23)7-18-14(22)12-8-17-10-16(12)5-3-2-4-6-16/h9,12,17H,2-8,10H2,1H3,(H,18,22)(H,19,21,23). The van der Waals surface area contributed by atoms with Gasteiger partial charge in [-0.15, -0.1) is 0 Å². The lowest BCUT2D eigenvalue weighted by Crippen LogP contribution is -2.43. The minimum absolute atomic E-state index is 0.00477. The van der Waals surface area contributed by atoms with Gasteiger partial charge in [-0.05, 0) is 18.3 Å². The summed E-state index contributed by atoms with van der Waals surface area (Å²) in [6.07, 6.45) is 7.29. The summed E-state index contributed by atoms with van der Waals surface area (Å²) >= 11 is 0. The van der Waals surface area contributed by atoms with Crippen molar-refractivity contribution in [1.29, 1.82) is 0 Å². The van der Waals surface area contributed by atoms with E-state index in [2.05, 4.69) is 15.6 Å². The van der Waals surface area contributed by atoms with Gasteiger partial charge in [0.25, 0.3) is 5.56 Å². The molecule has 3 rings (SSSR count). The molecule has 0 bridgehead atoms. The van der Waals surface area contributed by atoms with E-state index in [0.29, 0.717) is 12.1 Å². The Bertz CT molecular complexity index is 700. The summed E-state index contributed by atoms with van der Waals surface area (Å²) in [7, 11) is 1.57. The molecule has 126 valence electrons. The van der Waals surface area contributed by atoms with Crippen molar-refractivity contribution < 1.29 is 4.79 Å². The first kappa shape index (κ1) is 16.0. The van der Waals surface area contributed by atoms with Crippen molar-refractivity contribution in [3.05, 3.63) is 32.6 Å². The Morgan fingerprint density at radius 2 is 2.09 bits per heavy atom. The molecule has 2 fully saturated rings. The molecule has 0 radical (unpaired) electrons. The average Bonchev–Trinajstić information content (AvgIpc) is 2.93. The second-order valence-corrected chi connectivity index (χ2v) is 6.85. The molecule has 7 heteroatoms. The molecule has 1 saturated heterocycles. The van der Waals surface area contributed by atoms with E-state index in [-0.39, 0.29) is 23.8 Å². The van der Waals surface area contributed by atoms with Crippen molar-refractivity contribution in [2.45, 2.75) is 38.6 Å². The highest BCUT2D eigenvalue weighted by molar-refractivity contribution is 5.80. The van der Waals surface area contributed by atoms with Crippen LogP contribution in [0.3, 0.4) is 0 Å². The number of carbonyl (C=O) groups excluding carboxylic acids is 1. The third kappa shape index (κ3) is 3.10. The second kappa shape index (κ2) is 6.31. The van der Waals surface area contributed by atoms with Crippen LogP contribution in [0.2, 0.25) is 0 Å². The lowest BCUT2D eigenvalue weighted by Gasteiger charge is -2.37. The Labute approximate surface area is 134 Å². The van der Waals surface area contributed by atoms with Crippen molar-refractivity contribution >= 4 is 5.91 Å². The average molecular weight is 320 g/mol. The molecule has 2 heterocycles. The third-order valence-electron chi connectivity index (χ3n) is 5.37. The number of hydrogen-bond donors (Lipinski definition) is 3. The van der Waals surface area contributed by atoms with Crippen LogP contribution in [0.1, 0.15) is 37.7 Å². The number of aromatic nitrogens is 2. The van der Waals surface area contributed by atoms with Gasteiger partial charge < -0.3 is 15.2 Å². The van der Waals surface area contributed by atoms with E-state index in [9.17, 15) is 14.4 Å². The number of nitrogens with one attached hydrogen (secondary N) is 3. The van der Waals surface area contributed by atoms with Crippen LogP contribution in [0.4, 0.5) is 0 Å². The van der Waals surface area contributed by atoms with Crippen molar-refractivity contribution in [2.75, 3.05) is 13.1 Å². The molecule has 2 aliphatic rings. The molecule has 1 aromatic heterocycles. The molecular weight excluding hydrogens is 296 g/mol. The topological polar surface area (TPSA) is 96.0 Å². The summed E-state index contributed by atoms with van der Waals surface area (Å²) in [5.74, 6) is -0.0282. The number of rotatable bonds is 3. The molecule has 3 N–H and O–H groups in total. The molecule has 23 heavy (non-hydrogen) atoms. The Morgan fingerprint density at radius 1 is 1.35 bits per heavy atom. The minimum Gasteiger partial charge on any atom is -0.351 e. The summed E-state index contributed by atoms with van der Waals surface area (Å²) in [4.78, 5) is 38.0. The van der Waals surface area contributed by atoms with Gasteiger partial charge >= 0.3 is 5.69 Å². The maximum Gasteiger partial charge on any atom is 0.328 e. The van der Waals surface area contributed by atoms with E-state index >= 15 is 0 Å². The number of hydrogen-bond acceptors (Lipinski definition) is 4. The van der Waals surface area contributed by atoms with Crippen LogP contribution in [0.25, 0.3) is 0 Å². The molecule has 1 spiro atoms. The highest BCUT2D eigenvalue weighted by Gasteiger charge is 2.46. The molecular formula is C16H24N4O3. The maximum absolute atomic E-state index is 12.6. The van der Waals surface area contributed by atoms with Crippen LogP contribution in [-0.2, 0) is 18.4 Å². The van der Waals surface area contributed by atoms with E-state index in [1.54, 1.807) is 7.05 Å². The Morgan fingerprint density at radius 3 is 2.83 bits per heavy atom. The van der Waals surface area contributed by atoms with Crippen LogP contribution in [-0.4, -0.2) is 28.5 Å².